The molecule has 0 bridgehead atoms. The summed E-state index contributed by atoms with van der Waals surface area (Å²) in [5.41, 5.74) is 1.74. The van der Waals surface area contributed by atoms with Gasteiger partial charge in [-0.15, -0.1) is 0 Å². The van der Waals surface area contributed by atoms with Crippen LogP contribution in [0.3, 0.4) is 0 Å². The van der Waals surface area contributed by atoms with Gasteiger partial charge in [-0.3, -0.25) is 14.7 Å². The molecule has 0 saturated carbocycles. The zero-order chi connectivity index (χ0) is 19.1. The zero-order valence-electron chi connectivity index (χ0n) is 16.2. The van der Waals surface area contributed by atoms with Crippen molar-refractivity contribution in [3.63, 3.8) is 0 Å². The number of hydrogen-bond acceptors (Lipinski definition) is 5. The van der Waals surface area contributed by atoms with E-state index in [9.17, 15) is 4.79 Å². The Hall–Kier alpha value is -2.40. The molecule has 1 aliphatic rings. The van der Waals surface area contributed by atoms with Crippen molar-refractivity contribution in [1.82, 2.24) is 9.88 Å². The molecule has 0 spiro atoms. The summed E-state index contributed by atoms with van der Waals surface area (Å²) in [5, 5.41) is 0. The SMILES string of the molecule is CCOC(=O)C1(Cc2cccc(OC)c2)CCCN(Cc2cccnc2)C1. The molecule has 27 heavy (non-hydrogen) atoms. The third-order valence-electron chi connectivity index (χ3n) is 5.17. The minimum atomic E-state index is -0.525. The minimum Gasteiger partial charge on any atom is -0.497 e. The van der Waals surface area contributed by atoms with Gasteiger partial charge in [0.25, 0.3) is 0 Å². The van der Waals surface area contributed by atoms with Crippen LogP contribution in [0.15, 0.2) is 48.8 Å². The number of piperidine rings is 1. The molecule has 0 amide bonds. The number of hydrogen-bond donors (Lipinski definition) is 0. The number of carbonyl (C=O) groups is 1. The molecule has 5 nitrogen and oxygen atoms in total. The predicted octanol–water partition coefficient (Wildman–Crippen LogP) is 3.48. The van der Waals surface area contributed by atoms with E-state index in [4.69, 9.17) is 9.47 Å². The van der Waals surface area contributed by atoms with E-state index >= 15 is 0 Å². The standard InChI is InChI=1S/C22H28N2O3/c1-3-27-21(25)22(14-18-7-4-9-20(13-18)26-2)10-6-12-24(17-22)16-19-8-5-11-23-15-19/h4-5,7-9,11,13,15H,3,6,10,12,14,16-17H2,1-2H3. The molecule has 144 valence electrons. The number of aromatic nitrogens is 1. The first-order valence-corrected chi connectivity index (χ1v) is 9.56. The van der Waals surface area contributed by atoms with Gasteiger partial charge in [0, 0.05) is 25.5 Å². The van der Waals surface area contributed by atoms with Crippen molar-refractivity contribution in [2.24, 2.45) is 5.41 Å². The Kier molecular flexibility index (Phi) is 6.45. The summed E-state index contributed by atoms with van der Waals surface area (Å²) < 4.78 is 10.9. The summed E-state index contributed by atoms with van der Waals surface area (Å²) in [6.45, 7) is 4.74. The Morgan fingerprint density at radius 1 is 1.26 bits per heavy atom. The molecule has 1 aliphatic heterocycles. The van der Waals surface area contributed by atoms with Crippen LogP contribution >= 0.6 is 0 Å². The molecule has 2 heterocycles. The highest BCUT2D eigenvalue weighted by Crippen LogP contribution is 2.36. The first-order valence-electron chi connectivity index (χ1n) is 9.56. The van der Waals surface area contributed by atoms with Gasteiger partial charge >= 0.3 is 5.97 Å². The van der Waals surface area contributed by atoms with Crippen LogP contribution in [0.5, 0.6) is 5.75 Å². The van der Waals surface area contributed by atoms with Crippen LogP contribution in [0.4, 0.5) is 0 Å². The molecule has 5 heteroatoms. The number of pyridine rings is 1. The molecule has 1 atom stereocenters. The van der Waals surface area contributed by atoms with Crippen LogP contribution in [0.2, 0.25) is 0 Å². The summed E-state index contributed by atoms with van der Waals surface area (Å²) in [6.07, 6.45) is 6.15. The smallest absolute Gasteiger partial charge is 0.313 e. The predicted molar refractivity (Wildman–Crippen MR) is 105 cm³/mol. The van der Waals surface area contributed by atoms with Gasteiger partial charge in [-0.1, -0.05) is 18.2 Å². The van der Waals surface area contributed by atoms with E-state index in [1.807, 2.05) is 37.4 Å². The monoisotopic (exact) mass is 368 g/mol. The number of benzene rings is 1. The van der Waals surface area contributed by atoms with Gasteiger partial charge in [-0.05, 0) is 62.1 Å². The second-order valence-corrected chi connectivity index (χ2v) is 7.20. The van der Waals surface area contributed by atoms with Gasteiger partial charge in [0.2, 0.25) is 0 Å². The molecule has 1 aromatic heterocycles. The number of likely N-dealkylation sites (tertiary alicyclic amines) is 1. The van der Waals surface area contributed by atoms with E-state index in [0.717, 1.165) is 37.2 Å². The third-order valence-corrected chi connectivity index (χ3v) is 5.17. The number of esters is 1. The first-order chi connectivity index (χ1) is 13.1. The van der Waals surface area contributed by atoms with E-state index in [0.29, 0.717) is 19.6 Å². The van der Waals surface area contributed by atoms with Gasteiger partial charge in [0.1, 0.15) is 5.75 Å². The van der Waals surface area contributed by atoms with Crippen molar-refractivity contribution in [1.29, 1.82) is 0 Å². The Balaban J connectivity index is 1.82. The molecule has 1 unspecified atom stereocenters. The van der Waals surface area contributed by atoms with Crippen molar-refractivity contribution >= 4 is 5.97 Å². The van der Waals surface area contributed by atoms with Gasteiger partial charge in [-0.2, -0.15) is 0 Å². The molecular formula is C22H28N2O3. The Labute approximate surface area is 161 Å². The Morgan fingerprint density at radius 3 is 2.85 bits per heavy atom. The largest absolute Gasteiger partial charge is 0.497 e. The van der Waals surface area contributed by atoms with Gasteiger partial charge < -0.3 is 9.47 Å². The maximum atomic E-state index is 13.0. The topological polar surface area (TPSA) is 51.7 Å². The van der Waals surface area contributed by atoms with Crippen molar-refractivity contribution in [3.05, 3.63) is 59.9 Å². The van der Waals surface area contributed by atoms with E-state index in [-0.39, 0.29) is 5.97 Å². The van der Waals surface area contributed by atoms with E-state index in [1.54, 1.807) is 13.3 Å². The van der Waals surface area contributed by atoms with Crippen molar-refractivity contribution in [2.75, 3.05) is 26.8 Å². The van der Waals surface area contributed by atoms with Crippen LogP contribution in [0.25, 0.3) is 0 Å². The van der Waals surface area contributed by atoms with Crippen LogP contribution in [0.1, 0.15) is 30.9 Å². The van der Waals surface area contributed by atoms with Crippen molar-refractivity contribution < 1.29 is 14.3 Å². The second-order valence-electron chi connectivity index (χ2n) is 7.20. The molecule has 1 aromatic carbocycles. The maximum absolute atomic E-state index is 13.0. The number of ether oxygens (including phenoxy) is 2. The fraction of sp³-hybridized carbons (Fsp3) is 0.455. The zero-order valence-corrected chi connectivity index (χ0v) is 16.2. The van der Waals surface area contributed by atoms with Crippen molar-refractivity contribution in [3.8, 4) is 5.75 Å². The summed E-state index contributed by atoms with van der Waals surface area (Å²) in [5.74, 6) is 0.721. The molecular weight excluding hydrogens is 340 g/mol. The Morgan fingerprint density at radius 2 is 2.11 bits per heavy atom. The normalized spacial score (nSPS) is 20.2. The van der Waals surface area contributed by atoms with Crippen LogP contribution in [0, 0.1) is 5.41 Å². The molecule has 3 rings (SSSR count). The van der Waals surface area contributed by atoms with Gasteiger partial charge in [0.05, 0.1) is 19.1 Å². The fourth-order valence-corrected chi connectivity index (χ4v) is 3.95. The number of nitrogens with zero attached hydrogens (tertiary/aromatic N) is 2. The van der Waals surface area contributed by atoms with Gasteiger partial charge in [0.15, 0.2) is 0 Å². The lowest BCUT2D eigenvalue weighted by Crippen LogP contribution is -2.49. The highest BCUT2D eigenvalue weighted by atomic mass is 16.5. The average Bonchev–Trinajstić information content (AvgIpc) is 2.69. The highest BCUT2D eigenvalue weighted by molar-refractivity contribution is 5.78. The van der Waals surface area contributed by atoms with E-state index in [1.165, 1.54) is 5.56 Å². The molecule has 1 fully saturated rings. The summed E-state index contributed by atoms with van der Waals surface area (Å²) >= 11 is 0. The van der Waals surface area contributed by atoms with Crippen molar-refractivity contribution in [2.45, 2.75) is 32.7 Å². The third kappa shape index (κ3) is 4.86. The highest BCUT2D eigenvalue weighted by Gasteiger charge is 2.43. The Bertz CT molecular complexity index is 750. The second kappa shape index (κ2) is 9.00. The minimum absolute atomic E-state index is 0.0938. The first kappa shape index (κ1) is 19.4. The quantitative estimate of drug-likeness (QED) is 0.701. The lowest BCUT2D eigenvalue weighted by molar-refractivity contribution is -0.159. The lowest BCUT2D eigenvalue weighted by Gasteiger charge is -2.41. The van der Waals surface area contributed by atoms with Crippen LogP contribution in [-0.4, -0.2) is 42.7 Å². The number of methoxy groups -OCH3 is 1. The van der Waals surface area contributed by atoms with E-state index in [2.05, 4.69) is 22.0 Å². The molecule has 2 aromatic rings. The molecule has 0 radical (unpaired) electrons. The molecule has 1 saturated heterocycles. The number of carbonyl (C=O) groups excluding carboxylic acids is 1. The van der Waals surface area contributed by atoms with Crippen LogP contribution in [-0.2, 0) is 22.5 Å². The number of rotatable bonds is 7. The van der Waals surface area contributed by atoms with E-state index < -0.39 is 5.41 Å². The van der Waals surface area contributed by atoms with Gasteiger partial charge in [-0.25, -0.2) is 0 Å². The fourth-order valence-electron chi connectivity index (χ4n) is 3.95. The summed E-state index contributed by atoms with van der Waals surface area (Å²) in [6, 6.07) is 12.0. The average molecular weight is 368 g/mol. The molecule has 0 N–H and O–H groups in total. The maximum Gasteiger partial charge on any atom is 0.313 e. The summed E-state index contributed by atoms with van der Waals surface area (Å²) in [4.78, 5) is 19.5. The molecule has 0 aliphatic carbocycles. The lowest BCUT2D eigenvalue weighted by atomic mass is 9.75. The van der Waals surface area contributed by atoms with Crippen LogP contribution < -0.4 is 4.74 Å². The summed E-state index contributed by atoms with van der Waals surface area (Å²) in [7, 11) is 1.66.